The van der Waals surface area contributed by atoms with Crippen molar-refractivity contribution in [2.24, 2.45) is 5.92 Å². The van der Waals surface area contributed by atoms with Gasteiger partial charge in [0, 0.05) is 0 Å². The summed E-state index contributed by atoms with van der Waals surface area (Å²) in [4.78, 5) is 0. The summed E-state index contributed by atoms with van der Waals surface area (Å²) in [6, 6.07) is 9.88. The van der Waals surface area contributed by atoms with E-state index in [2.05, 4.69) is 0 Å². The molecule has 0 aliphatic heterocycles. The molecular weight excluding hydrogens is 200 g/mol. The van der Waals surface area contributed by atoms with E-state index >= 15 is 0 Å². The maximum Gasteiger partial charge on any atom is 0.119 e. The summed E-state index contributed by atoms with van der Waals surface area (Å²) in [5.74, 6) is 1.37. The molecule has 2 nitrogen and oxygen atoms in total. The number of para-hydroxylation sites is 1. The summed E-state index contributed by atoms with van der Waals surface area (Å²) in [5.41, 5.74) is 0. The van der Waals surface area contributed by atoms with E-state index in [-0.39, 0.29) is 6.10 Å². The van der Waals surface area contributed by atoms with E-state index in [1.165, 1.54) is 12.8 Å². The van der Waals surface area contributed by atoms with Crippen LogP contribution in [0.5, 0.6) is 5.75 Å². The average molecular weight is 220 g/mol. The highest BCUT2D eigenvalue weighted by atomic mass is 16.5. The van der Waals surface area contributed by atoms with Crippen LogP contribution in [0.2, 0.25) is 0 Å². The van der Waals surface area contributed by atoms with Crippen LogP contribution in [0.4, 0.5) is 0 Å². The molecule has 88 valence electrons. The second-order valence-corrected chi connectivity index (χ2v) is 4.56. The van der Waals surface area contributed by atoms with Gasteiger partial charge >= 0.3 is 0 Å². The van der Waals surface area contributed by atoms with Crippen LogP contribution in [0.3, 0.4) is 0 Å². The molecule has 16 heavy (non-hydrogen) atoms. The van der Waals surface area contributed by atoms with Crippen molar-refractivity contribution < 1.29 is 9.84 Å². The second-order valence-electron chi connectivity index (χ2n) is 4.56. The third-order valence-electron chi connectivity index (χ3n) is 3.37. The topological polar surface area (TPSA) is 29.5 Å². The van der Waals surface area contributed by atoms with E-state index in [0.29, 0.717) is 12.5 Å². The second kappa shape index (κ2) is 5.90. The SMILES string of the molecule is OC1CCCCC1CCOc1ccccc1. The molecule has 1 N–H and O–H groups in total. The first kappa shape index (κ1) is 11.5. The van der Waals surface area contributed by atoms with Crippen LogP contribution in [0.1, 0.15) is 32.1 Å². The smallest absolute Gasteiger partial charge is 0.119 e. The van der Waals surface area contributed by atoms with Gasteiger partial charge in [0.2, 0.25) is 0 Å². The zero-order chi connectivity index (χ0) is 11.2. The van der Waals surface area contributed by atoms with Gasteiger partial charge in [-0.05, 0) is 37.3 Å². The first-order valence-corrected chi connectivity index (χ1v) is 6.22. The molecule has 2 rings (SSSR count). The quantitative estimate of drug-likeness (QED) is 0.845. The molecular formula is C14H20O2. The summed E-state index contributed by atoms with van der Waals surface area (Å²) in [6.45, 7) is 0.714. The Morgan fingerprint density at radius 1 is 1.12 bits per heavy atom. The van der Waals surface area contributed by atoms with Crippen LogP contribution in [0, 0.1) is 5.92 Å². The van der Waals surface area contributed by atoms with Gasteiger partial charge in [-0.3, -0.25) is 0 Å². The third kappa shape index (κ3) is 3.24. The highest BCUT2D eigenvalue weighted by molar-refractivity contribution is 5.20. The van der Waals surface area contributed by atoms with Crippen molar-refractivity contribution in [1.29, 1.82) is 0 Å². The lowest BCUT2D eigenvalue weighted by molar-refractivity contribution is 0.0573. The first-order valence-electron chi connectivity index (χ1n) is 6.22. The van der Waals surface area contributed by atoms with Crippen molar-refractivity contribution in [1.82, 2.24) is 0 Å². The predicted molar refractivity (Wildman–Crippen MR) is 64.5 cm³/mol. The van der Waals surface area contributed by atoms with E-state index in [9.17, 15) is 5.11 Å². The van der Waals surface area contributed by atoms with E-state index in [1.54, 1.807) is 0 Å². The van der Waals surface area contributed by atoms with Gasteiger partial charge in [-0.15, -0.1) is 0 Å². The predicted octanol–water partition coefficient (Wildman–Crippen LogP) is 3.01. The zero-order valence-corrected chi connectivity index (χ0v) is 9.64. The molecule has 1 aromatic carbocycles. The van der Waals surface area contributed by atoms with Gasteiger partial charge in [-0.25, -0.2) is 0 Å². The Morgan fingerprint density at radius 3 is 2.62 bits per heavy atom. The van der Waals surface area contributed by atoms with E-state index in [0.717, 1.165) is 25.0 Å². The van der Waals surface area contributed by atoms with Crippen molar-refractivity contribution in [3.8, 4) is 5.75 Å². The number of rotatable bonds is 4. The number of hydrogen-bond acceptors (Lipinski definition) is 2. The molecule has 0 bridgehead atoms. The van der Waals surface area contributed by atoms with Gasteiger partial charge in [0.25, 0.3) is 0 Å². The van der Waals surface area contributed by atoms with E-state index < -0.39 is 0 Å². The fourth-order valence-electron chi connectivity index (χ4n) is 2.37. The van der Waals surface area contributed by atoms with Gasteiger partial charge in [0.1, 0.15) is 5.75 Å². The molecule has 2 atom stereocenters. The highest BCUT2D eigenvalue weighted by Crippen LogP contribution is 2.27. The Morgan fingerprint density at radius 2 is 1.88 bits per heavy atom. The Labute approximate surface area is 97.3 Å². The number of benzene rings is 1. The number of aliphatic hydroxyl groups excluding tert-OH is 1. The molecule has 1 fully saturated rings. The summed E-state index contributed by atoms with van der Waals surface area (Å²) >= 11 is 0. The monoisotopic (exact) mass is 220 g/mol. The van der Waals surface area contributed by atoms with Gasteiger partial charge in [-0.2, -0.15) is 0 Å². The lowest BCUT2D eigenvalue weighted by Gasteiger charge is -2.27. The Bertz CT molecular complexity index is 297. The van der Waals surface area contributed by atoms with Crippen LogP contribution in [-0.2, 0) is 0 Å². The Balaban J connectivity index is 1.71. The maximum absolute atomic E-state index is 9.81. The normalized spacial score (nSPS) is 25.3. The van der Waals surface area contributed by atoms with Crippen molar-refractivity contribution in [3.63, 3.8) is 0 Å². The Hall–Kier alpha value is -1.02. The van der Waals surface area contributed by atoms with Crippen LogP contribution in [-0.4, -0.2) is 17.8 Å². The highest BCUT2D eigenvalue weighted by Gasteiger charge is 2.22. The summed E-state index contributed by atoms with van der Waals surface area (Å²) in [6.07, 6.45) is 5.42. The summed E-state index contributed by atoms with van der Waals surface area (Å²) in [5, 5.41) is 9.81. The number of aliphatic hydroxyl groups is 1. The van der Waals surface area contributed by atoms with Crippen molar-refractivity contribution in [3.05, 3.63) is 30.3 Å². The lowest BCUT2D eigenvalue weighted by Crippen LogP contribution is -2.25. The minimum atomic E-state index is -0.104. The largest absolute Gasteiger partial charge is 0.494 e. The molecule has 0 heterocycles. The van der Waals surface area contributed by atoms with E-state index in [1.807, 2.05) is 30.3 Å². The molecule has 1 aromatic rings. The first-order chi connectivity index (χ1) is 7.86. The molecule has 0 amide bonds. The van der Waals surface area contributed by atoms with Crippen molar-refractivity contribution in [2.75, 3.05) is 6.61 Å². The third-order valence-corrected chi connectivity index (χ3v) is 3.37. The minimum Gasteiger partial charge on any atom is -0.494 e. The molecule has 0 saturated heterocycles. The fraction of sp³-hybridized carbons (Fsp3) is 0.571. The molecule has 1 aliphatic rings. The standard InChI is InChI=1S/C14H20O2/c15-14-9-5-4-6-12(14)10-11-16-13-7-2-1-3-8-13/h1-3,7-8,12,14-15H,4-6,9-11H2. The minimum absolute atomic E-state index is 0.104. The molecule has 2 unspecified atom stereocenters. The summed E-state index contributed by atoms with van der Waals surface area (Å²) in [7, 11) is 0. The molecule has 0 aromatic heterocycles. The fourth-order valence-corrected chi connectivity index (χ4v) is 2.37. The Kier molecular flexibility index (Phi) is 4.23. The maximum atomic E-state index is 9.81. The molecule has 0 radical (unpaired) electrons. The van der Waals surface area contributed by atoms with Gasteiger partial charge in [-0.1, -0.05) is 31.0 Å². The average Bonchev–Trinajstić information content (AvgIpc) is 2.33. The number of hydrogen-bond donors (Lipinski definition) is 1. The lowest BCUT2D eigenvalue weighted by atomic mass is 9.85. The van der Waals surface area contributed by atoms with Crippen molar-refractivity contribution in [2.45, 2.75) is 38.2 Å². The van der Waals surface area contributed by atoms with Gasteiger partial charge in [0.15, 0.2) is 0 Å². The summed E-state index contributed by atoms with van der Waals surface area (Å²) < 4.78 is 5.65. The zero-order valence-electron chi connectivity index (χ0n) is 9.64. The van der Waals surface area contributed by atoms with Crippen LogP contribution >= 0.6 is 0 Å². The molecule has 1 saturated carbocycles. The van der Waals surface area contributed by atoms with Gasteiger partial charge in [0.05, 0.1) is 12.7 Å². The van der Waals surface area contributed by atoms with E-state index in [4.69, 9.17) is 4.74 Å². The van der Waals surface area contributed by atoms with Crippen LogP contribution in [0.25, 0.3) is 0 Å². The molecule has 0 spiro atoms. The number of ether oxygens (including phenoxy) is 1. The van der Waals surface area contributed by atoms with Crippen LogP contribution < -0.4 is 4.74 Å². The van der Waals surface area contributed by atoms with Crippen molar-refractivity contribution >= 4 is 0 Å². The van der Waals surface area contributed by atoms with Crippen LogP contribution in [0.15, 0.2) is 30.3 Å². The molecule has 2 heteroatoms. The van der Waals surface area contributed by atoms with Gasteiger partial charge < -0.3 is 9.84 Å². The molecule has 1 aliphatic carbocycles.